The normalized spacial score (nSPS) is 11.3. The van der Waals surface area contributed by atoms with Gasteiger partial charge in [0.1, 0.15) is 0 Å². The SMILES string of the molecule is O=C(/C=C/c1ccccc1)Nc1cccc(S(=O)(=O)Nc2ccccc2Cl)c1. The topological polar surface area (TPSA) is 75.3 Å². The molecule has 7 heteroatoms. The fourth-order valence-electron chi connectivity index (χ4n) is 2.41. The van der Waals surface area contributed by atoms with Gasteiger partial charge < -0.3 is 5.32 Å². The second-order valence-electron chi connectivity index (χ2n) is 5.85. The average Bonchev–Trinajstić information content (AvgIpc) is 2.69. The van der Waals surface area contributed by atoms with Crippen molar-refractivity contribution in [3.05, 3.63) is 95.5 Å². The van der Waals surface area contributed by atoms with E-state index in [2.05, 4.69) is 10.0 Å². The standard InChI is InChI=1S/C21H17ClN2O3S/c22-19-11-4-5-12-20(19)24-28(26,27)18-10-6-9-17(15-18)23-21(25)14-13-16-7-2-1-3-8-16/h1-15,24H,(H,23,25)/b14-13+. The van der Waals surface area contributed by atoms with Crippen molar-refractivity contribution in [1.29, 1.82) is 0 Å². The van der Waals surface area contributed by atoms with E-state index in [0.29, 0.717) is 10.7 Å². The van der Waals surface area contributed by atoms with Gasteiger partial charge in [-0.25, -0.2) is 8.42 Å². The number of anilines is 2. The lowest BCUT2D eigenvalue weighted by Gasteiger charge is -2.10. The molecular formula is C21H17ClN2O3S. The Bertz CT molecular complexity index is 1110. The minimum absolute atomic E-state index is 0.0114. The van der Waals surface area contributed by atoms with Gasteiger partial charge in [-0.3, -0.25) is 9.52 Å². The maximum absolute atomic E-state index is 12.6. The van der Waals surface area contributed by atoms with Crippen molar-refractivity contribution in [2.75, 3.05) is 10.0 Å². The Labute approximate surface area is 168 Å². The van der Waals surface area contributed by atoms with Gasteiger partial charge in [0.2, 0.25) is 5.91 Å². The Kier molecular flexibility index (Phi) is 6.13. The highest BCUT2D eigenvalue weighted by molar-refractivity contribution is 7.92. The zero-order chi connectivity index (χ0) is 20.0. The minimum atomic E-state index is -3.85. The lowest BCUT2D eigenvalue weighted by molar-refractivity contribution is -0.111. The minimum Gasteiger partial charge on any atom is -0.322 e. The summed E-state index contributed by atoms with van der Waals surface area (Å²) < 4.78 is 27.7. The van der Waals surface area contributed by atoms with Crippen molar-refractivity contribution in [1.82, 2.24) is 0 Å². The Morgan fingerprint density at radius 3 is 2.36 bits per heavy atom. The molecule has 0 aliphatic rings. The number of carbonyl (C=O) groups excluding carboxylic acids is 1. The number of nitrogens with one attached hydrogen (secondary N) is 2. The van der Waals surface area contributed by atoms with Crippen LogP contribution in [0.3, 0.4) is 0 Å². The molecule has 3 aromatic rings. The molecule has 0 saturated heterocycles. The van der Waals surface area contributed by atoms with Gasteiger partial charge in [0.25, 0.3) is 10.0 Å². The summed E-state index contributed by atoms with van der Waals surface area (Å²) in [5.41, 5.74) is 1.53. The van der Waals surface area contributed by atoms with Crippen LogP contribution in [-0.2, 0) is 14.8 Å². The summed E-state index contributed by atoms with van der Waals surface area (Å²) >= 11 is 6.01. The molecule has 0 aliphatic heterocycles. The number of carbonyl (C=O) groups is 1. The summed E-state index contributed by atoms with van der Waals surface area (Å²) in [6.07, 6.45) is 3.06. The summed E-state index contributed by atoms with van der Waals surface area (Å²) in [7, 11) is -3.85. The summed E-state index contributed by atoms with van der Waals surface area (Å²) in [5.74, 6) is -0.363. The van der Waals surface area contributed by atoms with Gasteiger partial charge in [0.05, 0.1) is 15.6 Å². The van der Waals surface area contributed by atoms with Crippen LogP contribution in [0.2, 0.25) is 5.02 Å². The number of halogens is 1. The molecule has 0 spiro atoms. The highest BCUT2D eigenvalue weighted by Gasteiger charge is 2.16. The summed E-state index contributed by atoms with van der Waals surface area (Å²) in [4.78, 5) is 12.1. The third-order valence-corrected chi connectivity index (χ3v) is 5.45. The maximum Gasteiger partial charge on any atom is 0.262 e. The molecule has 0 aromatic heterocycles. The molecule has 3 aromatic carbocycles. The van der Waals surface area contributed by atoms with E-state index in [1.54, 1.807) is 42.5 Å². The first-order valence-electron chi connectivity index (χ1n) is 8.35. The van der Waals surface area contributed by atoms with Crippen LogP contribution in [0.5, 0.6) is 0 Å². The Balaban J connectivity index is 1.73. The van der Waals surface area contributed by atoms with E-state index in [1.165, 1.54) is 18.2 Å². The second kappa shape index (κ2) is 8.73. The molecule has 1 amide bonds. The third-order valence-electron chi connectivity index (χ3n) is 3.76. The van der Waals surface area contributed by atoms with Gasteiger partial charge >= 0.3 is 0 Å². The summed E-state index contributed by atoms with van der Waals surface area (Å²) in [6, 6.07) is 21.9. The first kappa shape index (κ1) is 19.7. The number of benzene rings is 3. The van der Waals surface area contributed by atoms with Crippen molar-refractivity contribution >= 4 is 45.0 Å². The largest absolute Gasteiger partial charge is 0.322 e. The van der Waals surface area contributed by atoms with Crippen LogP contribution in [0.4, 0.5) is 11.4 Å². The van der Waals surface area contributed by atoms with E-state index in [9.17, 15) is 13.2 Å². The summed E-state index contributed by atoms with van der Waals surface area (Å²) in [5, 5.41) is 2.95. The molecule has 142 valence electrons. The van der Waals surface area contributed by atoms with Crippen LogP contribution in [-0.4, -0.2) is 14.3 Å². The fraction of sp³-hybridized carbons (Fsp3) is 0. The number of sulfonamides is 1. The first-order valence-corrected chi connectivity index (χ1v) is 10.2. The zero-order valence-corrected chi connectivity index (χ0v) is 16.2. The highest BCUT2D eigenvalue weighted by atomic mass is 35.5. The Hall–Kier alpha value is -3.09. The number of para-hydroxylation sites is 1. The predicted octanol–water partition coefficient (Wildman–Crippen LogP) is 4.79. The van der Waals surface area contributed by atoms with E-state index in [0.717, 1.165) is 5.56 Å². The van der Waals surface area contributed by atoms with Crippen molar-refractivity contribution < 1.29 is 13.2 Å². The molecule has 2 N–H and O–H groups in total. The van der Waals surface area contributed by atoms with Gasteiger partial charge in [0, 0.05) is 11.8 Å². The van der Waals surface area contributed by atoms with Gasteiger partial charge in [-0.2, -0.15) is 0 Å². The van der Waals surface area contributed by atoms with Crippen molar-refractivity contribution in [2.24, 2.45) is 0 Å². The molecule has 0 atom stereocenters. The Morgan fingerprint density at radius 2 is 1.61 bits per heavy atom. The van der Waals surface area contributed by atoms with Gasteiger partial charge in [-0.05, 0) is 42.0 Å². The molecule has 0 aliphatic carbocycles. The van der Waals surface area contributed by atoms with Crippen molar-refractivity contribution in [3.8, 4) is 0 Å². The van der Waals surface area contributed by atoms with Crippen LogP contribution in [0.1, 0.15) is 5.56 Å². The van der Waals surface area contributed by atoms with Crippen LogP contribution in [0.25, 0.3) is 6.08 Å². The van der Waals surface area contributed by atoms with Gasteiger partial charge in [-0.1, -0.05) is 60.1 Å². The van der Waals surface area contributed by atoms with Crippen LogP contribution >= 0.6 is 11.6 Å². The van der Waals surface area contributed by atoms with Crippen LogP contribution in [0, 0.1) is 0 Å². The molecular weight excluding hydrogens is 396 g/mol. The van der Waals surface area contributed by atoms with E-state index in [1.807, 2.05) is 30.3 Å². The number of hydrogen-bond donors (Lipinski definition) is 2. The lowest BCUT2D eigenvalue weighted by Crippen LogP contribution is -2.14. The molecule has 0 heterocycles. The fourth-order valence-corrected chi connectivity index (χ4v) is 3.77. The molecule has 0 unspecified atom stereocenters. The second-order valence-corrected chi connectivity index (χ2v) is 7.94. The molecule has 0 fully saturated rings. The third kappa shape index (κ3) is 5.22. The molecule has 0 bridgehead atoms. The summed E-state index contributed by atoms with van der Waals surface area (Å²) in [6.45, 7) is 0. The predicted molar refractivity (Wildman–Crippen MR) is 113 cm³/mol. The van der Waals surface area contributed by atoms with E-state index in [4.69, 9.17) is 11.6 Å². The number of rotatable bonds is 6. The van der Waals surface area contributed by atoms with Crippen molar-refractivity contribution in [2.45, 2.75) is 4.90 Å². The molecule has 28 heavy (non-hydrogen) atoms. The molecule has 5 nitrogen and oxygen atoms in total. The highest BCUT2D eigenvalue weighted by Crippen LogP contribution is 2.25. The monoisotopic (exact) mass is 412 g/mol. The molecule has 0 saturated carbocycles. The van der Waals surface area contributed by atoms with E-state index >= 15 is 0 Å². The van der Waals surface area contributed by atoms with Crippen LogP contribution < -0.4 is 10.0 Å². The zero-order valence-electron chi connectivity index (χ0n) is 14.7. The molecule has 0 radical (unpaired) electrons. The van der Waals surface area contributed by atoms with E-state index in [-0.39, 0.29) is 16.5 Å². The van der Waals surface area contributed by atoms with Crippen LogP contribution in [0.15, 0.2) is 89.8 Å². The first-order chi connectivity index (χ1) is 13.4. The lowest BCUT2D eigenvalue weighted by atomic mass is 10.2. The average molecular weight is 413 g/mol. The maximum atomic E-state index is 12.6. The van der Waals surface area contributed by atoms with Crippen molar-refractivity contribution in [3.63, 3.8) is 0 Å². The molecule has 3 rings (SSSR count). The van der Waals surface area contributed by atoms with Gasteiger partial charge in [-0.15, -0.1) is 0 Å². The van der Waals surface area contributed by atoms with Gasteiger partial charge in [0.15, 0.2) is 0 Å². The Morgan fingerprint density at radius 1 is 0.893 bits per heavy atom. The quantitative estimate of drug-likeness (QED) is 0.571. The van der Waals surface area contributed by atoms with E-state index < -0.39 is 10.0 Å². The smallest absolute Gasteiger partial charge is 0.262 e. The number of amides is 1. The number of hydrogen-bond acceptors (Lipinski definition) is 3.